The minimum absolute atomic E-state index is 0.0250. The highest BCUT2D eigenvalue weighted by molar-refractivity contribution is 7.08. The summed E-state index contributed by atoms with van der Waals surface area (Å²) in [4.78, 5) is 17.9. The van der Waals surface area contributed by atoms with Gasteiger partial charge in [-0.2, -0.15) is 11.3 Å². The Morgan fingerprint density at radius 1 is 1.03 bits per heavy atom. The van der Waals surface area contributed by atoms with E-state index in [4.69, 9.17) is 23.2 Å². The molecule has 2 aliphatic rings. The standard InChI is InChI=1S/C30H34Cl2N2O2S/c31-27-8-7-23(16-28(27)32)30(36)34-18-25(26(19-34)24-12-15-37-20-24)17-33-13-10-21(11-14-33)6-9-29(35)22-4-2-1-3-5-22/h1-5,7-8,12,15-16,20-21,25-26,29,35H,6,9-11,13-14,17-19H2/t25-,26+,29?/m1/s1. The summed E-state index contributed by atoms with van der Waals surface area (Å²) >= 11 is 14.0. The fourth-order valence-corrected chi connectivity index (χ4v) is 6.95. The van der Waals surface area contributed by atoms with Gasteiger partial charge in [-0.25, -0.2) is 0 Å². The van der Waals surface area contributed by atoms with E-state index >= 15 is 0 Å². The number of carbonyl (C=O) groups excluding carboxylic acids is 1. The Bertz CT molecular complexity index is 1170. The van der Waals surface area contributed by atoms with Crippen LogP contribution in [0.1, 0.15) is 59.2 Å². The molecule has 37 heavy (non-hydrogen) atoms. The van der Waals surface area contributed by atoms with Gasteiger partial charge in [0.1, 0.15) is 0 Å². The Balaban J connectivity index is 1.16. The minimum atomic E-state index is -0.372. The molecular formula is C30H34Cl2N2O2S. The zero-order chi connectivity index (χ0) is 25.8. The molecule has 3 aromatic rings. The van der Waals surface area contributed by atoms with Crippen LogP contribution in [0.5, 0.6) is 0 Å². The highest BCUT2D eigenvalue weighted by Gasteiger charge is 2.38. The molecule has 0 bridgehead atoms. The van der Waals surface area contributed by atoms with Crippen LogP contribution in [0.25, 0.3) is 0 Å². The van der Waals surface area contributed by atoms with Crippen LogP contribution in [0.15, 0.2) is 65.4 Å². The van der Waals surface area contributed by atoms with Crippen LogP contribution in [-0.2, 0) is 0 Å². The third-order valence-electron chi connectivity index (χ3n) is 8.10. The predicted molar refractivity (Wildman–Crippen MR) is 153 cm³/mol. The van der Waals surface area contributed by atoms with E-state index in [1.54, 1.807) is 29.5 Å². The molecule has 0 radical (unpaired) electrons. The predicted octanol–water partition coefficient (Wildman–Crippen LogP) is 7.14. The Hall–Kier alpha value is -1.89. The molecular weight excluding hydrogens is 523 g/mol. The number of hydrogen-bond donors (Lipinski definition) is 1. The highest BCUT2D eigenvalue weighted by atomic mass is 35.5. The molecule has 1 aromatic heterocycles. The zero-order valence-electron chi connectivity index (χ0n) is 20.9. The van der Waals surface area contributed by atoms with Crippen molar-refractivity contribution in [2.75, 3.05) is 32.7 Å². The molecule has 1 unspecified atom stereocenters. The van der Waals surface area contributed by atoms with Crippen molar-refractivity contribution in [1.29, 1.82) is 0 Å². The van der Waals surface area contributed by atoms with Gasteiger partial charge in [0, 0.05) is 31.1 Å². The van der Waals surface area contributed by atoms with Crippen molar-refractivity contribution in [3.8, 4) is 0 Å². The molecule has 2 fully saturated rings. The third kappa shape index (κ3) is 6.58. The molecule has 1 N–H and O–H groups in total. The summed E-state index contributed by atoms with van der Waals surface area (Å²) in [6, 6.07) is 17.3. The molecule has 196 valence electrons. The van der Waals surface area contributed by atoms with Gasteiger partial charge in [0.2, 0.25) is 0 Å². The lowest BCUT2D eigenvalue weighted by atomic mass is 9.87. The lowest BCUT2D eigenvalue weighted by Gasteiger charge is -2.34. The van der Waals surface area contributed by atoms with Crippen molar-refractivity contribution in [1.82, 2.24) is 9.80 Å². The Kier molecular flexibility index (Phi) is 8.89. The summed E-state index contributed by atoms with van der Waals surface area (Å²) in [5.41, 5.74) is 2.95. The van der Waals surface area contributed by atoms with Crippen molar-refractivity contribution in [3.05, 3.63) is 92.1 Å². The van der Waals surface area contributed by atoms with Gasteiger partial charge in [-0.05, 0) is 96.8 Å². The van der Waals surface area contributed by atoms with Crippen molar-refractivity contribution in [2.45, 2.75) is 37.7 Å². The van der Waals surface area contributed by atoms with Gasteiger partial charge >= 0.3 is 0 Å². The van der Waals surface area contributed by atoms with Crippen LogP contribution < -0.4 is 0 Å². The van der Waals surface area contributed by atoms with E-state index < -0.39 is 0 Å². The van der Waals surface area contributed by atoms with Gasteiger partial charge < -0.3 is 14.9 Å². The maximum atomic E-state index is 13.3. The fraction of sp³-hybridized carbons (Fsp3) is 0.433. The normalized spacial score (nSPS) is 21.9. The fourth-order valence-electron chi connectivity index (χ4n) is 5.92. The number of nitrogens with zero attached hydrogens (tertiary/aromatic N) is 2. The maximum absolute atomic E-state index is 13.3. The zero-order valence-corrected chi connectivity index (χ0v) is 23.3. The number of rotatable bonds is 8. The first-order chi connectivity index (χ1) is 18.0. The van der Waals surface area contributed by atoms with Crippen LogP contribution in [0, 0.1) is 11.8 Å². The highest BCUT2D eigenvalue weighted by Crippen LogP contribution is 2.37. The largest absolute Gasteiger partial charge is 0.388 e. The summed E-state index contributed by atoms with van der Waals surface area (Å²) in [5.74, 6) is 1.44. The molecule has 0 saturated carbocycles. The number of aliphatic hydroxyl groups excluding tert-OH is 1. The molecule has 3 heterocycles. The molecule has 3 atom stereocenters. The van der Waals surface area contributed by atoms with Crippen LogP contribution in [0.4, 0.5) is 0 Å². The summed E-state index contributed by atoms with van der Waals surface area (Å²) in [7, 11) is 0. The molecule has 1 amide bonds. The average Bonchev–Trinajstić information content (AvgIpc) is 3.60. The van der Waals surface area contributed by atoms with E-state index in [0.29, 0.717) is 33.4 Å². The number of benzene rings is 2. The molecule has 0 aliphatic carbocycles. The van der Waals surface area contributed by atoms with Gasteiger partial charge in [0.05, 0.1) is 16.1 Å². The van der Waals surface area contributed by atoms with E-state index in [1.165, 1.54) is 18.4 Å². The Morgan fingerprint density at radius 3 is 2.51 bits per heavy atom. The van der Waals surface area contributed by atoms with Crippen LogP contribution in [0.3, 0.4) is 0 Å². The Labute approximate surface area is 233 Å². The molecule has 4 nitrogen and oxygen atoms in total. The molecule has 7 heteroatoms. The molecule has 2 aromatic carbocycles. The molecule has 0 spiro atoms. The SMILES string of the molecule is O=C(c1ccc(Cl)c(Cl)c1)N1C[C@@H](CN2CCC(CCC(O)c3ccccc3)CC2)[C@H](c2ccsc2)C1. The molecule has 2 saturated heterocycles. The summed E-state index contributed by atoms with van der Waals surface area (Å²) in [6.07, 6.45) is 3.86. The van der Waals surface area contributed by atoms with E-state index in [1.807, 2.05) is 35.2 Å². The number of amides is 1. The van der Waals surface area contributed by atoms with E-state index in [2.05, 4.69) is 21.7 Å². The van der Waals surface area contributed by atoms with Crippen LogP contribution in [0.2, 0.25) is 10.0 Å². The van der Waals surface area contributed by atoms with Crippen molar-refractivity contribution < 1.29 is 9.90 Å². The number of piperidine rings is 1. The third-order valence-corrected chi connectivity index (χ3v) is 9.54. The van der Waals surface area contributed by atoms with Gasteiger partial charge in [-0.15, -0.1) is 0 Å². The van der Waals surface area contributed by atoms with Crippen LogP contribution >= 0.6 is 34.5 Å². The van der Waals surface area contributed by atoms with E-state index in [9.17, 15) is 9.90 Å². The average molecular weight is 558 g/mol. The van der Waals surface area contributed by atoms with Crippen LogP contribution in [-0.4, -0.2) is 53.5 Å². The van der Waals surface area contributed by atoms with E-state index in [0.717, 1.165) is 51.1 Å². The number of carbonyl (C=O) groups is 1. The second-order valence-corrected chi connectivity index (χ2v) is 12.1. The topological polar surface area (TPSA) is 43.8 Å². The summed E-state index contributed by atoms with van der Waals surface area (Å²) in [6.45, 7) is 4.65. The lowest BCUT2D eigenvalue weighted by molar-refractivity contribution is 0.0779. The lowest BCUT2D eigenvalue weighted by Crippen LogP contribution is -2.39. The smallest absolute Gasteiger partial charge is 0.253 e. The number of thiophene rings is 1. The molecule has 5 rings (SSSR count). The van der Waals surface area contributed by atoms with Gasteiger partial charge in [-0.3, -0.25) is 4.79 Å². The van der Waals surface area contributed by atoms with E-state index in [-0.39, 0.29) is 12.0 Å². The first kappa shape index (κ1) is 26.7. The number of halogens is 2. The number of aliphatic hydroxyl groups is 1. The first-order valence-electron chi connectivity index (χ1n) is 13.2. The number of hydrogen-bond acceptors (Lipinski definition) is 4. The summed E-state index contributed by atoms with van der Waals surface area (Å²) < 4.78 is 0. The van der Waals surface area contributed by atoms with Crippen molar-refractivity contribution in [3.63, 3.8) is 0 Å². The number of likely N-dealkylation sites (tertiary alicyclic amines) is 2. The minimum Gasteiger partial charge on any atom is -0.388 e. The van der Waals surface area contributed by atoms with Crippen molar-refractivity contribution >= 4 is 40.4 Å². The second-order valence-electron chi connectivity index (χ2n) is 10.5. The quantitative estimate of drug-likeness (QED) is 0.320. The van der Waals surface area contributed by atoms with Gasteiger partial charge in [0.25, 0.3) is 5.91 Å². The maximum Gasteiger partial charge on any atom is 0.253 e. The monoisotopic (exact) mass is 556 g/mol. The van der Waals surface area contributed by atoms with Gasteiger partial charge in [-0.1, -0.05) is 53.5 Å². The molecule has 2 aliphatic heterocycles. The Morgan fingerprint density at radius 2 is 1.81 bits per heavy atom. The van der Waals surface area contributed by atoms with Crippen molar-refractivity contribution in [2.24, 2.45) is 11.8 Å². The summed E-state index contributed by atoms with van der Waals surface area (Å²) in [5, 5.41) is 15.8. The second kappa shape index (κ2) is 12.3. The first-order valence-corrected chi connectivity index (χ1v) is 14.9. The van der Waals surface area contributed by atoms with Gasteiger partial charge in [0.15, 0.2) is 0 Å².